The van der Waals surface area contributed by atoms with Crippen LogP contribution in [0.25, 0.3) is 60.2 Å². The highest BCUT2D eigenvalue weighted by atomic mass is 15.1. The number of rotatable bonds is 4. The van der Waals surface area contributed by atoms with Crippen molar-refractivity contribution in [3.8, 4) is 28.7 Å². The first kappa shape index (κ1) is 33.0. The fourth-order valence-electron chi connectivity index (χ4n) is 9.45. The molecule has 1 aliphatic carbocycles. The first-order valence-electron chi connectivity index (χ1n) is 19.7. The Kier molecular flexibility index (Phi) is 7.46. The zero-order valence-corrected chi connectivity index (χ0v) is 31.9. The molecule has 9 aromatic carbocycles. The molecule has 2 nitrogen and oxygen atoms in total. The summed E-state index contributed by atoms with van der Waals surface area (Å²) in [7, 11) is 0. The monoisotopic (exact) mass is 726 g/mol. The lowest BCUT2D eigenvalue weighted by molar-refractivity contribution is 0.663. The highest BCUT2D eigenvalue weighted by molar-refractivity contribution is 6.18. The Morgan fingerprint density at radius 1 is 0.456 bits per heavy atom. The highest BCUT2D eigenvalue weighted by Gasteiger charge is 2.38. The van der Waals surface area contributed by atoms with E-state index < -0.39 is 0 Å². The molecule has 0 spiro atoms. The molecule has 11 rings (SSSR count). The number of aromatic nitrogens is 1. The molecule has 0 saturated heterocycles. The van der Waals surface area contributed by atoms with Gasteiger partial charge in [-0.1, -0.05) is 165 Å². The van der Waals surface area contributed by atoms with E-state index >= 15 is 0 Å². The van der Waals surface area contributed by atoms with E-state index in [0.717, 1.165) is 49.7 Å². The maximum atomic E-state index is 3.74. The van der Waals surface area contributed by atoms with Crippen molar-refractivity contribution in [1.82, 2.24) is 4.57 Å². The van der Waals surface area contributed by atoms with Gasteiger partial charge in [0.25, 0.3) is 0 Å². The molecule has 0 atom stereocenters. The van der Waals surface area contributed by atoms with Crippen molar-refractivity contribution < 1.29 is 0 Å². The third-order valence-corrected chi connectivity index (χ3v) is 11.9. The van der Waals surface area contributed by atoms with Crippen molar-refractivity contribution in [3.63, 3.8) is 0 Å². The molecule has 0 bridgehead atoms. The van der Waals surface area contributed by atoms with Gasteiger partial charge in [0.15, 0.2) is 0 Å². The number of hydrogen-bond donors (Lipinski definition) is 0. The van der Waals surface area contributed by atoms with E-state index in [1.807, 2.05) is 0 Å². The average Bonchev–Trinajstić information content (AvgIpc) is 3.72. The van der Waals surface area contributed by atoms with Crippen LogP contribution in [0.4, 0.5) is 17.1 Å². The van der Waals surface area contributed by atoms with Crippen LogP contribution in [-0.2, 0) is 5.41 Å². The number of fused-ring (bicyclic) bond motifs is 9. The lowest BCUT2D eigenvalue weighted by Crippen LogP contribution is -2.16. The highest BCUT2D eigenvalue weighted by Crippen LogP contribution is 2.53. The van der Waals surface area contributed by atoms with Crippen molar-refractivity contribution in [2.45, 2.75) is 19.3 Å². The van der Waals surface area contributed by atoms with Gasteiger partial charge in [-0.2, -0.15) is 0 Å². The van der Waals surface area contributed by atoms with E-state index in [2.05, 4.69) is 229 Å². The van der Waals surface area contributed by atoms with Gasteiger partial charge >= 0.3 is 0 Å². The van der Waals surface area contributed by atoms with Gasteiger partial charge in [-0.15, -0.1) is 0 Å². The van der Waals surface area contributed by atoms with Crippen molar-refractivity contribution in [2.75, 3.05) is 4.90 Å². The fourth-order valence-corrected chi connectivity index (χ4v) is 9.45. The third-order valence-electron chi connectivity index (χ3n) is 11.9. The van der Waals surface area contributed by atoms with Gasteiger partial charge in [-0.25, -0.2) is 0 Å². The minimum absolute atomic E-state index is 0.248. The number of para-hydroxylation sites is 4. The quantitative estimate of drug-likeness (QED) is 0.129. The van der Waals surface area contributed by atoms with E-state index in [1.165, 1.54) is 49.7 Å². The second-order valence-corrected chi connectivity index (χ2v) is 15.5. The van der Waals surface area contributed by atoms with Crippen LogP contribution >= 0.6 is 0 Å². The lowest BCUT2D eigenvalue weighted by atomic mass is 9.81. The summed E-state index contributed by atoms with van der Waals surface area (Å²) in [5, 5.41) is 7.17. The van der Waals surface area contributed by atoms with Crippen LogP contribution in [-0.4, -0.2) is 4.57 Å². The molecule has 0 amide bonds. The molecule has 1 heterocycles. The van der Waals surface area contributed by atoms with E-state index in [4.69, 9.17) is 0 Å². The predicted octanol–water partition coefficient (Wildman–Crippen LogP) is 14.3. The largest absolute Gasteiger partial charge is 0.309 e. The minimum Gasteiger partial charge on any atom is -0.309 e. The molecule has 2 heteroatoms. The molecule has 0 saturated carbocycles. The number of benzene rings is 9. The van der Waals surface area contributed by atoms with Gasteiger partial charge in [0, 0.05) is 65.9 Å². The molecule has 10 aromatic rings. The summed E-state index contributed by atoms with van der Waals surface area (Å²) in [6, 6.07) is 69.9. The molecule has 0 N–H and O–H groups in total. The molecule has 1 aliphatic rings. The topological polar surface area (TPSA) is 8.17 Å². The molecule has 57 heavy (non-hydrogen) atoms. The van der Waals surface area contributed by atoms with Gasteiger partial charge in [0.1, 0.15) is 0 Å². The van der Waals surface area contributed by atoms with Crippen molar-refractivity contribution in [2.24, 2.45) is 0 Å². The van der Waals surface area contributed by atoms with Gasteiger partial charge in [0.05, 0.1) is 16.7 Å². The van der Waals surface area contributed by atoms with Crippen LogP contribution < -0.4 is 4.90 Å². The van der Waals surface area contributed by atoms with Crippen LogP contribution in [0.5, 0.6) is 0 Å². The van der Waals surface area contributed by atoms with E-state index in [-0.39, 0.29) is 5.41 Å². The smallest absolute Gasteiger partial charge is 0.0619 e. The lowest BCUT2D eigenvalue weighted by Gasteiger charge is -2.29. The molecular weight excluding hydrogens is 689 g/mol. The van der Waals surface area contributed by atoms with Gasteiger partial charge in [0.2, 0.25) is 0 Å². The molecule has 0 fully saturated rings. The summed E-state index contributed by atoms with van der Waals surface area (Å²) in [5.41, 5.74) is 14.2. The van der Waals surface area contributed by atoms with Crippen LogP contribution in [0.2, 0.25) is 0 Å². The zero-order valence-electron chi connectivity index (χ0n) is 31.9. The van der Waals surface area contributed by atoms with Gasteiger partial charge in [-0.3, -0.25) is 0 Å². The molecule has 0 aliphatic heterocycles. The molecule has 1 aromatic heterocycles. The summed E-state index contributed by atoms with van der Waals surface area (Å²) in [6.07, 6.45) is 0. The van der Waals surface area contributed by atoms with Crippen LogP contribution in [0, 0.1) is 11.8 Å². The van der Waals surface area contributed by atoms with Crippen molar-refractivity contribution in [3.05, 3.63) is 216 Å². The van der Waals surface area contributed by atoms with Crippen molar-refractivity contribution >= 4 is 60.4 Å². The summed E-state index contributed by atoms with van der Waals surface area (Å²) in [5.74, 6) is 7.42. The summed E-state index contributed by atoms with van der Waals surface area (Å²) >= 11 is 0. The summed E-state index contributed by atoms with van der Waals surface area (Å²) in [6.45, 7) is 4.76. The zero-order chi connectivity index (χ0) is 38.1. The Hall–Kier alpha value is -7.34. The van der Waals surface area contributed by atoms with Crippen LogP contribution in [0.1, 0.15) is 36.1 Å². The van der Waals surface area contributed by atoms with Gasteiger partial charge in [-0.05, 0) is 76.9 Å². The van der Waals surface area contributed by atoms with Gasteiger partial charge < -0.3 is 9.47 Å². The molecule has 0 radical (unpaired) electrons. The number of anilines is 3. The molecule has 268 valence electrons. The SMILES string of the molecule is CC1(C)c2cc(C#Cc3c4ccccc4c(N(c4ccccc4)c4ccccc4)c4ccccc34)ccc2-c2ccc3c4ccccc4n(-c4ccccc4)c3c21. The Bertz CT molecular complexity index is 3160. The Morgan fingerprint density at radius 3 is 1.61 bits per heavy atom. The standard InChI is InChI=1S/C55H38N2/c1-55(2)50-36-37(31-33-44(50)46-34-35-49-45-26-16-17-29-51(45)57(54(49)52(46)55)40-22-10-5-11-23-40)30-32-43-41-24-12-14-27-47(41)53(48-28-15-13-25-42(43)48)56(38-18-6-3-7-19-38)39-20-8-4-9-21-39/h3-29,31,33-36H,1-2H3. The van der Waals surface area contributed by atoms with Crippen LogP contribution in [0.15, 0.2) is 194 Å². The first-order valence-corrected chi connectivity index (χ1v) is 19.7. The number of nitrogens with zero attached hydrogens (tertiary/aromatic N) is 2. The maximum Gasteiger partial charge on any atom is 0.0619 e. The predicted molar refractivity (Wildman–Crippen MR) is 240 cm³/mol. The summed E-state index contributed by atoms with van der Waals surface area (Å²) < 4.78 is 2.47. The summed E-state index contributed by atoms with van der Waals surface area (Å²) in [4.78, 5) is 2.39. The van der Waals surface area contributed by atoms with Crippen LogP contribution in [0.3, 0.4) is 0 Å². The van der Waals surface area contributed by atoms with E-state index in [1.54, 1.807) is 0 Å². The first-order chi connectivity index (χ1) is 28.1. The van der Waals surface area contributed by atoms with E-state index in [0.29, 0.717) is 0 Å². The Balaban J connectivity index is 1.08. The second kappa shape index (κ2) is 12.9. The van der Waals surface area contributed by atoms with Crippen molar-refractivity contribution in [1.29, 1.82) is 0 Å². The Labute approximate surface area is 332 Å². The van der Waals surface area contributed by atoms with E-state index in [9.17, 15) is 0 Å². The minimum atomic E-state index is -0.248. The fraction of sp³-hybridized carbons (Fsp3) is 0.0545. The number of hydrogen-bond acceptors (Lipinski definition) is 1. The third kappa shape index (κ3) is 5.06. The maximum absolute atomic E-state index is 3.74. The molecular formula is C55H38N2. The Morgan fingerprint density at radius 2 is 0.982 bits per heavy atom. The normalized spacial score (nSPS) is 12.7. The second-order valence-electron chi connectivity index (χ2n) is 15.5. The molecule has 0 unspecified atom stereocenters. The average molecular weight is 727 g/mol.